The van der Waals surface area contributed by atoms with E-state index in [0.717, 1.165) is 17.7 Å². The van der Waals surface area contributed by atoms with E-state index in [9.17, 15) is 13.2 Å². The fourth-order valence-corrected chi connectivity index (χ4v) is 1.94. The summed E-state index contributed by atoms with van der Waals surface area (Å²) in [4.78, 5) is 0. The zero-order valence-electron chi connectivity index (χ0n) is 11.3. The molecule has 2 aromatic carbocycles. The lowest BCUT2D eigenvalue weighted by Gasteiger charge is -2.12. The number of alkyl halides is 3. The van der Waals surface area contributed by atoms with Gasteiger partial charge >= 0.3 is 6.18 Å². The molecule has 0 aliphatic heterocycles. The molecule has 0 heterocycles. The van der Waals surface area contributed by atoms with E-state index in [1.807, 2.05) is 0 Å². The summed E-state index contributed by atoms with van der Waals surface area (Å²) in [6, 6.07) is 7.62. The molecule has 21 heavy (non-hydrogen) atoms. The molecule has 6 heteroatoms. The van der Waals surface area contributed by atoms with Gasteiger partial charge in [-0.2, -0.15) is 13.2 Å². The minimum absolute atomic E-state index is 0.0596. The van der Waals surface area contributed by atoms with E-state index in [-0.39, 0.29) is 5.71 Å². The maximum Gasteiger partial charge on any atom is 0.416 e. The smallest absolute Gasteiger partial charge is 0.398 e. The molecule has 110 valence electrons. The van der Waals surface area contributed by atoms with Crippen LogP contribution >= 0.6 is 0 Å². The highest BCUT2D eigenvalue weighted by molar-refractivity contribution is 6.14. The molecule has 0 amide bonds. The Labute approximate surface area is 119 Å². The Hall–Kier alpha value is -2.50. The third-order valence-corrected chi connectivity index (χ3v) is 3.21. The molecule has 0 fully saturated rings. The molecule has 0 unspecified atom stereocenters. The van der Waals surface area contributed by atoms with Crippen molar-refractivity contribution in [3.63, 3.8) is 0 Å². The van der Waals surface area contributed by atoms with Crippen LogP contribution in [0.3, 0.4) is 0 Å². The van der Waals surface area contributed by atoms with E-state index in [1.165, 1.54) is 12.1 Å². The van der Waals surface area contributed by atoms with E-state index in [0.29, 0.717) is 22.5 Å². The summed E-state index contributed by atoms with van der Waals surface area (Å²) in [5, 5.41) is 8.10. The van der Waals surface area contributed by atoms with Crippen molar-refractivity contribution >= 4 is 17.1 Å². The zero-order chi connectivity index (χ0) is 15.8. The SMILES string of the molecule is Cc1cc(C(=N)c2ccc(C(F)(F)F)cc2)c(N)cc1N. The molecule has 0 spiro atoms. The number of anilines is 2. The van der Waals surface area contributed by atoms with Crippen molar-refractivity contribution in [1.82, 2.24) is 0 Å². The Balaban J connectivity index is 2.39. The lowest BCUT2D eigenvalue weighted by atomic mass is 9.97. The van der Waals surface area contributed by atoms with Crippen LogP contribution in [0.2, 0.25) is 0 Å². The van der Waals surface area contributed by atoms with Gasteiger partial charge in [0.2, 0.25) is 0 Å². The highest BCUT2D eigenvalue weighted by Gasteiger charge is 2.30. The third kappa shape index (κ3) is 2.99. The average Bonchev–Trinajstić information content (AvgIpc) is 2.41. The first kappa shape index (κ1) is 14.9. The van der Waals surface area contributed by atoms with Gasteiger partial charge in [-0.05, 0) is 36.8 Å². The van der Waals surface area contributed by atoms with Gasteiger partial charge in [0, 0.05) is 22.5 Å². The molecule has 0 radical (unpaired) electrons. The van der Waals surface area contributed by atoms with Gasteiger partial charge in [0.05, 0.1) is 11.3 Å². The van der Waals surface area contributed by atoms with Crippen LogP contribution in [0, 0.1) is 12.3 Å². The fourth-order valence-electron chi connectivity index (χ4n) is 1.94. The summed E-state index contributed by atoms with van der Waals surface area (Å²) in [6.45, 7) is 1.78. The Bertz CT molecular complexity index is 689. The molecule has 0 atom stereocenters. The number of rotatable bonds is 2. The number of nitrogen functional groups attached to an aromatic ring is 2. The van der Waals surface area contributed by atoms with Gasteiger partial charge < -0.3 is 11.5 Å². The van der Waals surface area contributed by atoms with Crippen molar-refractivity contribution < 1.29 is 13.2 Å². The summed E-state index contributed by atoms with van der Waals surface area (Å²) in [6.07, 6.45) is -4.39. The number of hydrogen-bond acceptors (Lipinski definition) is 3. The average molecular weight is 293 g/mol. The summed E-state index contributed by atoms with van der Waals surface area (Å²) in [7, 11) is 0. The van der Waals surface area contributed by atoms with Crippen LogP contribution < -0.4 is 11.5 Å². The molecule has 3 nitrogen and oxygen atoms in total. The number of nitrogens with two attached hydrogens (primary N) is 2. The van der Waals surface area contributed by atoms with E-state index in [2.05, 4.69) is 0 Å². The molecule has 2 rings (SSSR count). The van der Waals surface area contributed by atoms with Crippen LogP contribution in [0.25, 0.3) is 0 Å². The largest absolute Gasteiger partial charge is 0.416 e. The lowest BCUT2D eigenvalue weighted by Crippen LogP contribution is -2.09. The molecule has 0 saturated carbocycles. The van der Waals surface area contributed by atoms with Gasteiger partial charge in [0.1, 0.15) is 0 Å². The maximum absolute atomic E-state index is 12.5. The van der Waals surface area contributed by atoms with Crippen molar-refractivity contribution in [2.75, 3.05) is 11.5 Å². The zero-order valence-corrected chi connectivity index (χ0v) is 11.3. The van der Waals surface area contributed by atoms with Crippen molar-refractivity contribution in [2.45, 2.75) is 13.1 Å². The summed E-state index contributed by atoms with van der Waals surface area (Å²) in [5.74, 6) is 0. The van der Waals surface area contributed by atoms with E-state index >= 15 is 0 Å². The number of halogens is 3. The first-order valence-corrected chi connectivity index (χ1v) is 6.12. The molecule has 0 saturated heterocycles. The second kappa shape index (κ2) is 5.12. The number of aryl methyl sites for hydroxylation is 1. The van der Waals surface area contributed by atoms with Gasteiger partial charge in [-0.15, -0.1) is 0 Å². The second-order valence-electron chi connectivity index (χ2n) is 4.75. The molecule has 0 bridgehead atoms. The topological polar surface area (TPSA) is 75.9 Å². The standard InChI is InChI=1S/C15H14F3N3/c1-8-6-11(13(20)7-12(8)19)14(21)9-2-4-10(5-3-9)15(16,17)18/h2-7,21H,19-20H2,1H3. The van der Waals surface area contributed by atoms with Gasteiger partial charge in [-0.3, -0.25) is 5.41 Å². The lowest BCUT2D eigenvalue weighted by molar-refractivity contribution is -0.137. The van der Waals surface area contributed by atoms with Gasteiger partial charge in [-0.1, -0.05) is 12.1 Å². The van der Waals surface area contributed by atoms with Crippen LogP contribution in [0.5, 0.6) is 0 Å². The first-order valence-electron chi connectivity index (χ1n) is 6.12. The Morgan fingerprint density at radius 3 is 2.10 bits per heavy atom. The predicted octanol–water partition coefficient (Wildman–Crippen LogP) is 3.59. The Morgan fingerprint density at radius 1 is 1.00 bits per heavy atom. The highest BCUT2D eigenvalue weighted by atomic mass is 19.4. The minimum Gasteiger partial charge on any atom is -0.398 e. The number of hydrogen-bond donors (Lipinski definition) is 3. The molecule has 5 N–H and O–H groups in total. The highest BCUT2D eigenvalue weighted by Crippen LogP contribution is 2.30. The van der Waals surface area contributed by atoms with Crippen LogP contribution in [-0.2, 0) is 6.18 Å². The molecule has 0 aliphatic rings. The van der Waals surface area contributed by atoms with Crippen molar-refractivity contribution in [1.29, 1.82) is 5.41 Å². The number of nitrogens with one attached hydrogen (secondary N) is 1. The second-order valence-corrected chi connectivity index (χ2v) is 4.75. The Kier molecular flexibility index (Phi) is 3.63. The van der Waals surface area contributed by atoms with Crippen LogP contribution in [-0.4, -0.2) is 5.71 Å². The van der Waals surface area contributed by atoms with Crippen molar-refractivity contribution in [3.05, 3.63) is 58.7 Å². The van der Waals surface area contributed by atoms with E-state index in [4.69, 9.17) is 16.9 Å². The quantitative estimate of drug-likeness (QED) is 0.584. The summed E-state index contributed by atoms with van der Waals surface area (Å²) < 4.78 is 37.6. The summed E-state index contributed by atoms with van der Waals surface area (Å²) in [5.41, 5.74) is 13.3. The minimum atomic E-state index is -4.39. The first-order chi connectivity index (χ1) is 9.70. The molecule has 0 aromatic heterocycles. The maximum atomic E-state index is 12.5. The predicted molar refractivity (Wildman–Crippen MR) is 77.4 cm³/mol. The van der Waals surface area contributed by atoms with Gasteiger partial charge in [-0.25, -0.2) is 0 Å². The monoisotopic (exact) mass is 293 g/mol. The molecular weight excluding hydrogens is 279 g/mol. The van der Waals surface area contributed by atoms with Crippen LogP contribution in [0.1, 0.15) is 22.3 Å². The normalized spacial score (nSPS) is 11.4. The van der Waals surface area contributed by atoms with E-state index < -0.39 is 11.7 Å². The molecule has 2 aromatic rings. The van der Waals surface area contributed by atoms with Crippen LogP contribution in [0.4, 0.5) is 24.5 Å². The van der Waals surface area contributed by atoms with Crippen molar-refractivity contribution in [2.24, 2.45) is 0 Å². The molecule has 0 aliphatic carbocycles. The third-order valence-electron chi connectivity index (χ3n) is 3.21. The van der Waals surface area contributed by atoms with Gasteiger partial charge in [0.25, 0.3) is 0 Å². The molecular formula is C15H14F3N3. The fraction of sp³-hybridized carbons (Fsp3) is 0.133. The Morgan fingerprint density at radius 2 is 1.57 bits per heavy atom. The van der Waals surface area contributed by atoms with Gasteiger partial charge in [0.15, 0.2) is 0 Å². The van der Waals surface area contributed by atoms with E-state index in [1.54, 1.807) is 19.1 Å². The number of benzene rings is 2. The summed E-state index contributed by atoms with van der Waals surface area (Å²) >= 11 is 0. The van der Waals surface area contributed by atoms with Crippen molar-refractivity contribution in [3.8, 4) is 0 Å². The van der Waals surface area contributed by atoms with Crippen LogP contribution in [0.15, 0.2) is 36.4 Å².